The number of ether oxygens (including phenoxy) is 2. The molecule has 0 saturated carbocycles. The van der Waals surface area contributed by atoms with Crippen LogP contribution in [0.3, 0.4) is 0 Å². The van der Waals surface area contributed by atoms with Crippen molar-refractivity contribution >= 4 is 0 Å². The van der Waals surface area contributed by atoms with Crippen LogP contribution in [0, 0.1) is 0 Å². The molecule has 3 rings (SSSR count). The summed E-state index contributed by atoms with van der Waals surface area (Å²) in [7, 11) is 1.54. The smallest absolute Gasteiger partial charge is 0.194 e. The number of methoxy groups -OCH3 is 1. The maximum atomic E-state index is 10.1. The van der Waals surface area contributed by atoms with E-state index in [9.17, 15) is 10.2 Å². The van der Waals surface area contributed by atoms with Crippen LogP contribution < -0.4 is 9.47 Å². The molecule has 0 spiro atoms. The zero-order chi connectivity index (χ0) is 15.0. The highest BCUT2D eigenvalue weighted by Crippen LogP contribution is 2.44. The zero-order valence-corrected chi connectivity index (χ0v) is 11.5. The third-order valence-electron chi connectivity index (χ3n) is 3.79. The molecule has 110 valence electrons. The molecule has 0 saturated heterocycles. The topological polar surface area (TPSA) is 81.8 Å². The van der Waals surface area contributed by atoms with E-state index >= 15 is 0 Å². The number of phenolic OH excluding ortho intramolecular Hbond substituents is 2. The average molecular weight is 289 g/mol. The van der Waals surface area contributed by atoms with Crippen LogP contribution in [0.4, 0.5) is 0 Å². The average Bonchev–Trinajstić information content (AvgIpc) is 2.48. The van der Waals surface area contributed by atoms with Gasteiger partial charge in [-0.1, -0.05) is 6.07 Å². The Morgan fingerprint density at radius 3 is 2.62 bits per heavy atom. The predicted octanol–water partition coefficient (Wildman–Crippen LogP) is 2.05. The molecule has 2 aromatic carbocycles. The van der Waals surface area contributed by atoms with Crippen molar-refractivity contribution in [1.82, 2.24) is 0 Å². The number of phenols is 2. The number of rotatable bonds is 2. The monoisotopic (exact) mass is 289 g/mol. The second-order valence-corrected chi connectivity index (χ2v) is 5.04. The summed E-state index contributed by atoms with van der Waals surface area (Å²) >= 11 is 0. The lowest BCUT2D eigenvalue weighted by Crippen LogP contribution is -2.24. The third kappa shape index (κ3) is 2.36. The van der Waals surface area contributed by atoms with Gasteiger partial charge in [-0.3, -0.25) is 0 Å². The van der Waals surface area contributed by atoms with Gasteiger partial charge in [-0.15, -0.1) is 0 Å². The lowest BCUT2D eigenvalue weighted by atomic mass is 9.87. The highest BCUT2D eigenvalue weighted by atomic mass is 16.5. The molecule has 4 N–H and O–H groups in total. The van der Waals surface area contributed by atoms with Gasteiger partial charge < -0.3 is 24.8 Å². The van der Waals surface area contributed by atoms with Crippen LogP contribution in [0.2, 0.25) is 0 Å². The van der Waals surface area contributed by atoms with E-state index in [1.54, 1.807) is 24.3 Å². The lowest BCUT2D eigenvalue weighted by molar-refractivity contribution is 0.0875. The van der Waals surface area contributed by atoms with Crippen LogP contribution in [-0.4, -0.2) is 29.0 Å². The normalized spacial score (nSPS) is 20.5. The van der Waals surface area contributed by atoms with Crippen LogP contribution in [0.5, 0.6) is 23.0 Å². The molecule has 0 bridgehead atoms. The first-order chi connectivity index (χ1) is 10.1. The molecule has 1 heterocycles. The maximum absolute atomic E-state index is 10.1. The van der Waals surface area contributed by atoms with E-state index in [4.69, 9.17) is 14.6 Å². The van der Waals surface area contributed by atoms with Gasteiger partial charge in [0.25, 0.3) is 0 Å². The summed E-state index contributed by atoms with van der Waals surface area (Å²) in [6.45, 7) is 0.282. The number of aromatic hydroxyl groups is 2. The molecule has 0 amide bonds. The molecule has 5 heteroatoms. The summed E-state index contributed by atoms with van der Waals surface area (Å²) in [5.41, 5.74) is 1.37. The first-order valence-corrected chi connectivity index (χ1v) is 6.64. The summed E-state index contributed by atoms with van der Waals surface area (Å²) in [6, 6.07) is 9.80. The molecule has 2 atom stereocenters. The molecule has 0 aromatic heterocycles. The molecule has 21 heavy (non-hydrogen) atoms. The van der Waals surface area contributed by atoms with Crippen LogP contribution in [0.15, 0.2) is 36.4 Å². The minimum Gasteiger partial charge on any atom is -0.508 e. The fourth-order valence-corrected chi connectivity index (χ4v) is 2.63. The molecular weight excluding hydrogens is 272 g/mol. The van der Waals surface area contributed by atoms with Crippen molar-refractivity contribution in [2.45, 2.75) is 12.0 Å². The molecule has 0 aliphatic carbocycles. The molecule has 1 aliphatic heterocycles. The predicted molar refractivity (Wildman–Crippen MR) is 77.4 cm³/mol. The summed E-state index contributed by atoms with van der Waals surface area (Å²) in [6.07, 6.45) is -0.561. The molecule has 1 aliphatic rings. The van der Waals surface area contributed by atoms with E-state index in [1.807, 2.05) is 0 Å². The molecule has 5 nitrogen and oxygen atoms in total. The van der Waals surface area contributed by atoms with Gasteiger partial charge in [0.15, 0.2) is 6.10 Å². The van der Waals surface area contributed by atoms with Crippen molar-refractivity contribution in [1.29, 1.82) is 0 Å². The van der Waals surface area contributed by atoms with Crippen molar-refractivity contribution in [2.75, 3.05) is 13.7 Å². The molecule has 0 fully saturated rings. The van der Waals surface area contributed by atoms with E-state index in [2.05, 4.69) is 0 Å². The van der Waals surface area contributed by atoms with Crippen molar-refractivity contribution < 1.29 is 24.8 Å². The highest BCUT2D eigenvalue weighted by molar-refractivity contribution is 5.48. The third-order valence-corrected chi connectivity index (χ3v) is 3.79. The second-order valence-electron chi connectivity index (χ2n) is 5.04. The molecule has 1 unspecified atom stereocenters. The Hall–Kier alpha value is -2.40. The molecule has 0 radical (unpaired) electrons. The fraction of sp³-hybridized carbons (Fsp3) is 0.250. The summed E-state index contributed by atoms with van der Waals surface area (Å²) in [5.74, 6) is 1.04. The Kier molecular flexibility index (Phi) is 3.35. The van der Waals surface area contributed by atoms with Gasteiger partial charge in [-0.05, 0) is 18.2 Å². The summed E-state index contributed by atoms with van der Waals surface area (Å²) in [5, 5.41) is 28.0. The summed E-state index contributed by atoms with van der Waals surface area (Å²) < 4.78 is 10.7. The minimum absolute atomic E-state index is 0.0995. The van der Waals surface area contributed by atoms with Gasteiger partial charge in [0, 0.05) is 17.7 Å². The van der Waals surface area contributed by atoms with Crippen LogP contribution >= 0.6 is 0 Å². The Bertz CT molecular complexity index is 668. The van der Waals surface area contributed by atoms with Crippen molar-refractivity contribution in [2.24, 2.45) is 0 Å². The van der Waals surface area contributed by atoms with Crippen molar-refractivity contribution in [3.63, 3.8) is 0 Å². The Labute approximate surface area is 122 Å². The van der Waals surface area contributed by atoms with Gasteiger partial charge in [-0.25, -0.2) is 0 Å². The molecular formula is C16H17O5+. The van der Waals surface area contributed by atoms with E-state index in [0.717, 1.165) is 0 Å². The van der Waals surface area contributed by atoms with Crippen LogP contribution in [0.1, 0.15) is 23.1 Å². The van der Waals surface area contributed by atoms with Crippen LogP contribution in [0.25, 0.3) is 0 Å². The fourth-order valence-electron chi connectivity index (χ4n) is 2.63. The van der Waals surface area contributed by atoms with Crippen molar-refractivity contribution in [3.05, 3.63) is 47.5 Å². The van der Waals surface area contributed by atoms with Gasteiger partial charge in [-0.2, -0.15) is 0 Å². The Morgan fingerprint density at radius 1 is 1.14 bits per heavy atom. The quantitative estimate of drug-likeness (QED) is 0.829. The lowest BCUT2D eigenvalue weighted by Gasteiger charge is -2.28. The van der Waals surface area contributed by atoms with E-state index in [0.29, 0.717) is 22.6 Å². The first kappa shape index (κ1) is 13.6. The number of fused-ring (bicyclic) bond motifs is 1. The number of hydrogen-bond acceptors (Lipinski definition) is 4. The van der Waals surface area contributed by atoms with Gasteiger partial charge in [0.05, 0.1) is 18.6 Å². The van der Waals surface area contributed by atoms with E-state index in [1.165, 1.54) is 19.2 Å². The Morgan fingerprint density at radius 2 is 1.90 bits per heavy atom. The van der Waals surface area contributed by atoms with Gasteiger partial charge in [0.1, 0.15) is 29.6 Å². The largest absolute Gasteiger partial charge is 0.508 e. The van der Waals surface area contributed by atoms with Gasteiger partial charge in [0.2, 0.25) is 0 Å². The van der Waals surface area contributed by atoms with Crippen LogP contribution in [-0.2, 0) is 0 Å². The SMILES string of the molecule is COc1ccc([C@@H]2COc3cc(O)ccc3C2[OH2+])c(O)c1. The minimum atomic E-state index is -0.561. The second kappa shape index (κ2) is 5.18. The highest BCUT2D eigenvalue weighted by Gasteiger charge is 2.36. The summed E-state index contributed by atoms with van der Waals surface area (Å²) in [4.78, 5) is 0. The maximum Gasteiger partial charge on any atom is 0.194 e. The zero-order valence-electron chi connectivity index (χ0n) is 11.5. The molecule has 2 aromatic rings. The number of benzene rings is 2. The van der Waals surface area contributed by atoms with E-state index < -0.39 is 6.10 Å². The number of hydrogen-bond donors (Lipinski definition) is 2. The Balaban J connectivity index is 1.96. The first-order valence-electron chi connectivity index (χ1n) is 6.64. The van der Waals surface area contributed by atoms with E-state index in [-0.39, 0.29) is 24.0 Å². The standard InChI is InChI=1S/C16H16O5/c1-20-10-3-5-11(14(18)7-10)13-8-21-15-6-9(17)2-4-12(15)16(13)19/h2-7,13,16-19H,8H2,1H3/p+1/t13-,16?/m0/s1. The van der Waals surface area contributed by atoms with Crippen molar-refractivity contribution in [3.8, 4) is 23.0 Å². The van der Waals surface area contributed by atoms with Gasteiger partial charge >= 0.3 is 0 Å².